The first-order valence-electron chi connectivity index (χ1n) is 7.70. The molecule has 0 saturated heterocycles. The molecule has 0 N–H and O–H groups in total. The summed E-state index contributed by atoms with van der Waals surface area (Å²) in [6.07, 6.45) is 0.768. The summed E-state index contributed by atoms with van der Waals surface area (Å²) < 4.78 is 28.8. The number of hydrogen-bond acceptors (Lipinski definition) is 4. The van der Waals surface area contributed by atoms with Crippen LogP contribution in [0.15, 0.2) is 18.2 Å². The Bertz CT molecular complexity index is 664. The lowest BCUT2D eigenvalue weighted by atomic mass is 10.2. The molecule has 1 aromatic carbocycles. The zero-order valence-corrected chi connectivity index (χ0v) is 16.4. The Balaban J connectivity index is 2.41. The molecular formula is C16H23Cl2NO4S. The van der Waals surface area contributed by atoms with Gasteiger partial charge in [0, 0.05) is 25.3 Å². The second-order valence-corrected chi connectivity index (χ2v) is 8.74. The third-order valence-corrected chi connectivity index (χ3v) is 6.37. The number of carbonyl (C=O) groups is 1. The van der Waals surface area contributed by atoms with Crippen molar-refractivity contribution in [3.8, 4) is 5.75 Å². The summed E-state index contributed by atoms with van der Waals surface area (Å²) in [6.45, 7) is 3.65. The molecule has 0 bridgehead atoms. The van der Waals surface area contributed by atoms with E-state index in [-0.39, 0.29) is 29.9 Å². The number of halogens is 2. The first-order valence-corrected chi connectivity index (χ1v) is 10.3. The maximum atomic E-state index is 12.1. The Morgan fingerprint density at radius 2 is 2.00 bits per heavy atom. The SMILES string of the molecule is CCS(=O)(=O)CC(C)N(C)C(=O)CCCOc1cccc(Cl)c1Cl. The molecule has 0 heterocycles. The van der Waals surface area contributed by atoms with Gasteiger partial charge >= 0.3 is 0 Å². The summed E-state index contributed by atoms with van der Waals surface area (Å²) in [4.78, 5) is 13.6. The van der Waals surface area contributed by atoms with Gasteiger partial charge in [-0.25, -0.2) is 8.42 Å². The van der Waals surface area contributed by atoms with E-state index in [0.717, 1.165) is 0 Å². The fraction of sp³-hybridized carbons (Fsp3) is 0.562. The van der Waals surface area contributed by atoms with Crippen LogP contribution in [-0.4, -0.2) is 50.4 Å². The maximum Gasteiger partial charge on any atom is 0.222 e. The zero-order chi connectivity index (χ0) is 18.3. The molecule has 8 heteroatoms. The van der Waals surface area contributed by atoms with Crippen molar-refractivity contribution in [2.45, 2.75) is 32.7 Å². The van der Waals surface area contributed by atoms with Crippen molar-refractivity contribution in [3.63, 3.8) is 0 Å². The monoisotopic (exact) mass is 395 g/mol. The number of benzene rings is 1. The van der Waals surface area contributed by atoms with Gasteiger partial charge in [0.1, 0.15) is 10.8 Å². The van der Waals surface area contributed by atoms with Crippen molar-refractivity contribution in [2.75, 3.05) is 25.2 Å². The normalized spacial score (nSPS) is 12.7. The number of carbonyl (C=O) groups excluding carboxylic acids is 1. The molecule has 1 aromatic rings. The highest BCUT2D eigenvalue weighted by molar-refractivity contribution is 7.91. The summed E-state index contributed by atoms with van der Waals surface area (Å²) >= 11 is 11.9. The van der Waals surface area contributed by atoms with Gasteiger partial charge in [-0.3, -0.25) is 4.79 Å². The number of hydrogen-bond donors (Lipinski definition) is 0. The number of amides is 1. The number of rotatable bonds is 9. The van der Waals surface area contributed by atoms with Gasteiger partial charge < -0.3 is 9.64 Å². The summed E-state index contributed by atoms with van der Waals surface area (Å²) in [6, 6.07) is 4.75. The Morgan fingerprint density at radius 1 is 1.33 bits per heavy atom. The molecule has 0 aliphatic carbocycles. The fourth-order valence-corrected chi connectivity index (χ4v) is 3.56. The summed E-state index contributed by atoms with van der Waals surface area (Å²) in [5.74, 6) is 0.413. The van der Waals surface area contributed by atoms with E-state index in [0.29, 0.717) is 28.8 Å². The molecular weight excluding hydrogens is 373 g/mol. The van der Waals surface area contributed by atoms with Gasteiger partial charge in [-0.1, -0.05) is 36.2 Å². The van der Waals surface area contributed by atoms with E-state index in [1.54, 1.807) is 39.1 Å². The fourth-order valence-electron chi connectivity index (χ4n) is 2.02. The van der Waals surface area contributed by atoms with Crippen LogP contribution >= 0.6 is 23.2 Å². The Labute approximate surface area is 153 Å². The molecule has 1 rings (SSSR count). The summed E-state index contributed by atoms with van der Waals surface area (Å²) in [7, 11) is -1.50. The molecule has 1 unspecified atom stereocenters. The van der Waals surface area contributed by atoms with E-state index in [1.165, 1.54) is 4.90 Å². The average Bonchev–Trinajstić information content (AvgIpc) is 2.53. The Morgan fingerprint density at radius 3 is 2.62 bits per heavy atom. The van der Waals surface area contributed by atoms with Crippen molar-refractivity contribution in [3.05, 3.63) is 28.2 Å². The summed E-state index contributed by atoms with van der Waals surface area (Å²) in [5.41, 5.74) is 0. The topological polar surface area (TPSA) is 63.7 Å². The highest BCUT2D eigenvalue weighted by atomic mass is 35.5. The molecule has 0 aliphatic heterocycles. The van der Waals surface area contributed by atoms with Crippen molar-refractivity contribution in [1.82, 2.24) is 4.90 Å². The largest absolute Gasteiger partial charge is 0.492 e. The molecule has 0 aliphatic rings. The predicted molar refractivity (Wildman–Crippen MR) is 97.8 cm³/mol. The third kappa shape index (κ3) is 6.49. The lowest BCUT2D eigenvalue weighted by molar-refractivity contribution is -0.131. The highest BCUT2D eigenvalue weighted by Crippen LogP contribution is 2.31. The van der Waals surface area contributed by atoms with E-state index in [9.17, 15) is 13.2 Å². The van der Waals surface area contributed by atoms with Gasteiger partial charge in [-0.2, -0.15) is 0 Å². The minimum Gasteiger partial charge on any atom is -0.492 e. The van der Waals surface area contributed by atoms with Crippen LogP contribution in [0.25, 0.3) is 0 Å². The van der Waals surface area contributed by atoms with E-state index in [4.69, 9.17) is 27.9 Å². The lowest BCUT2D eigenvalue weighted by Crippen LogP contribution is -2.39. The van der Waals surface area contributed by atoms with Crippen LogP contribution < -0.4 is 4.74 Å². The van der Waals surface area contributed by atoms with Crippen LogP contribution in [0, 0.1) is 0 Å². The van der Waals surface area contributed by atoms with E-state index >= 15 is 0 Å². The molecule has 5 nitrogen and oxygen atoms in total. The lowest BCUT2D eigenvalue weighted by Gasteiger charge is -2.24. The van der Waals surface area contributed by atoms with Gasteiger partial charge in [0.15, 0.2) is 9.84 Å². The Hall–Kier alpha value is -0.980. The highest BCUT2D eigenvalue weighted by Gasteiger charge is 2.21. The van der Waals surface area contributed by atoms with E-state index in [1.807, 2.05) is 0 Å². The second kappa shape index (κ2) is 9.49. The standard InChI is InChI=1S/C16H23Cl2NO4S/c1-4-24(21,22)11-12(2)19(3)15(20)9-6-10-23-14-8-5-7-13(17)16(14)18/h5,7-8,12H,4,6,9-11H2,1-3H3. The first-order chi connectivity index (χ1) is 11.2. The third-order valence-electron chi connectivity index (χ3n) is 3.70. The van der Waals surface area contributed by atoms with Crippen molar-refractivity contribution in [2.24, 2.45) is 0 Å². The van der Waals surface area contributed by atoms with E-state index in [2.05, 4.69) is 0 Å². The maximum absolute atomic E-state index is 12.1. The van der Waals surface area contributed by atoms with E-state index < -0.39 is 9.84 Å². The zero-order valence-electron chi connectivity index (χ0n) is 14.1. The van der Waals surface area contributed by atoms with Gasteiger partial charge in [0.05, 0.1) is 17.4 Å². The van der Waals surface area contributed by atoms with Crippen LogP contribution in [0.3, 0.4) is 0 Å². The minimum atomic E-state index is -3.11. The molecule has 1 atom stereocenters. The molecule has 0 saturated carbocycles. The van der Waals surface area contributed by atoms with Crippen LogP contribution in [0.4, 0.5) is 0 Å². The molecule has 0 spiro atoms. The van der Waals surface area contributed by atoms with Gasteiger partial charge in [-0.15, -0.1) is 0 Å². The minimum absolute atomic E-state index is 0.0274. The molecule has 1 amide bonds. The first kappa shape index (κ1) is 21.1. The molecule has 24 heavy (non-hydrogen) atoms. The van der Waals surface area contributed by atoms with Crippen LogP contribution in [0.2, 0.25) is 10.0 Å². The summed E-state index contributed by atoms with van der Waals surface area (Å²) in [5, 5.41) is 0.761. The number of ether oxygens (including phenoxy) is 1. The average molecular weight is 396 g/mol. The number of sulfone groups is 1. The smallest absolute Gasteiger partial charge is 0.222 e. The molecule has 0 aromatic heterocycles. The molecule has 0 radical (unpaired) electrons. The van der Waals surface area contributed by atoms with Gasteiger partial charge in [-0.05, 0) is 25.5 Å². The number of nitrogens with zero attached hydrogens (tertiary/aromatic N) is 1. The quantitative estimate of drug-likeness (QED) is 0.600. The van der Waals surface area contributed by atoms with Crippen LogP contribution in [0.5, 0.6) is 5.75 Å². The van der Waals surface area contributed by atoms with Gasteiger partial charge in [0.25, 0.3) is 0 Å². The molecule has 136 valence electrons. The molecule has 0 fully saturated rings. The van der Waals surface area contributed by atoms with Crippen LogP contribution in [0.1, 0.15) is 26.7 Å². The van der Waals surface area contributed by atoms with Crippen molar-refractivity contribution < 1.29 is 17.9 Å². The Kier molecular flexibility index (Phi) is 8.33. The predicted octanol–water partition coefficient (Wildman–Crippen LogP) is 3.43. The van der Waals surface area contributed by atoms with Gasteiger partial charge in [0.2, 0.25) is 5.91 Å². The second-order valence-electron chi connectivity index (χ2n) is 5.56. The van der Waals surface area contributed by atoms with Crippen molar-refractivity contribution in [1.29, 1.82) is 0 Å². The van der Waals surface area contributed by atoms with Crippen molar-refractivity contribution >= 4 is 38.9 Å². The van der Waals surface area contributed by atoms with Crippen LogP contribution in [-0.2, 0) is 14.6 Å².